The number of hydrogen-bond acceptors (Lipinski definition) is 6. The Kier molecular flexibility index (Phi) is 5.30. The summed E-state index contributed by atoms with van der Waals surface area (Å²) in [5.41, 5.74) is 0.767. The number of non-ortho nitro benzene ring substituents is 1. The molecule has 2 rings (SSSR count). The van der Waals surface area contributed by atoms with E-state index in [1.165, 1.54) is 12.1 Å². The molecule has 0 atom stereocenters. The van der Waals surface area contributed by atoms with Crippen LogP contribution in [0.25, 0.3) is 0 Å². The van der Waals surface area contributed by atoms with E-state index in [0.717, 1.165) is 17.6 Å². The lowest BCUT2D eigenvalue weighted by atomic mass is 10.2. The van der Waals surface area contributed by atoms with Crippen LogP contribution in [0.15, 0.2) is 24.3 Å². The van der Waals surface area contributed by atoms with Gasteiger partial charge in [-0.25, -0.2) is 9.97 Å². The molecule has 0 unspecified atom stereocenters. The number of rotatable bonds is 5. The number of nitrogens with one attached hydrogen (secondary N) is 1. The third-order valence-electron chi connectivity index (χ3n) is 3.16. The van der Waals surface area contributed by atoms with Gasteiger partial charge >= 0.3 is 0 Å². The number of carbonyl (C=O) groups excluding carboxylic acids is 1. The normalized spacial score (nSPS) is 10.3. The zero-order valence-electron chi connectivity index (χ0n) is 13.4. The van der Waals surface area contributed by atoms with Crippen molar-refractivity contribution in [3.05, 3.63) is 56.5 Å². The molecule has 1 amide bonds. The quantitative estimate of drug-likeness (QED) is 0.656. The molecule has 0 aliphatic carbocycles. The van der Waals surface area contributed by atoms with Gasteiger partial charge in [0.2, 0.25) is 0 Å². The lowest BCUT2D eigenvalue weighted by molar-refractivity contribution is -0.384. The highest BCUT2D eigenvalue weighted by atomic mass is 35.5. The molecule has 9 heteroatoms. The van der Waals surface area contributed by atoms with Gasteiger partial charge in [-0.15, -0.1) is 0 Å². The molecule has 126 valence electrons. The Balaban J connectivity index is 2.12. The molecule has 1 aromatic heterocycles. The van der Waals surface area contributed by atoms with Crippen LogP contribution in [0.2, 0.25) is 5.02 Å². The van der Waals surface area contributed by atoms with E-state index < -0.39 is 10.8 Å². The fraction of sp³-hybridized carbons (Fsp3) is 0.267. The van der Waals surface area contributed by atoms with Crippen LogP contribution in [0.5, 0.6) is 0 Å². The molecule has 1 heterocycles. The van der Waals surface area contributed by atoms with Gasteiger partial charge < -0.3 is 10.2 Å². The van der Waals surface area contributed by atoms with Gasteiger partial charge in [-0.3, -0.25) is 14.9 Å². The number of aryl methyl sites for hydroxylation is 1. The van der Waals surface area contributed by atoms with Crippen LogP contribution >= 0.6 is 11.6 Å². The molecule has 0 aliphatic rings. The van der Waals surface area contributed by atoms with Crippen molar-refractivity contribution in [1.29, 1.82) is 0 Å². The van der Waals surface area contributed by atoms with Crippen LogP contribution < -0.4 is 10.2 Å². The van der Waals surface area contributed by atoms with E-state index >= 15 is 0 Å². The number of amides is 1. The second-order valence-electron chi connectivity index (χ2n) is 5.28. The largest absolute Gasteiger partial charge is 0.363 e. The molecule has 2 aromatic rings. The summed E-state index contributed by atoms with van der Waals surface area (Å²) < 4.78 is 0. The van der Waals surface area contributed by atoms with Crippen molar-refractivity contribution in [2.75, 3.05) is 19.0 Å². The highest BCUT2D eigenvalue weighted by Crippen LogP contribution is 2.22. The second-order valence-corrected chi connectivity index (χ2v) is 5.69. The standard InChI is InChI=1S/C15H16ClN5O3/c1-9-6-14(20(2)3)19-13(18-9)8-17-15(22)11-5-4-10(21(23)24)7-12(11)16/h4-7H,8H2,1-3H3,(H,17,22). The van der Waals surface area contributed by atoms with Gasteiger partial charge in [0.25, 0.3) is 11.6 Å². The maximum atomic E-state index is 12.2. The topological polar surface area (TPSA) is 101 Å². The smallest absolute Gasteiger partial charge is 0.270 e. The molecule has 0 fully saturated rings. The van der Waals surface area contributed by atoms with Crippen LogP contribution in [0.1, 0.15) is 21.9 Å². The maximum Gasteiger partial charge on any atom is 0.270 e. The average molecular weight is 350 g/mol. The molecule has 1 aromatic carbocycles. The van der Waals surface area contributed by atoms with Gasteiger partial charge in [-0.2, -0.15) is 0 Å². The summed E-state index contributed by atoms with van der Waals surface area (Å²) >= 11 is 5.94. The SMILES string of the molecule is Cc1cc(N(C)C)nc(CNC(=O)c2ccc([N+](=O)[O-])cc2Cl)n1. The summed E-state index contributed by atoms with van der Waals surface area (Å²) in [5.74, 6) is 0.747. The van der Waals surface area contributed by atoms with E-state index in [4.69, 9.17) is 11.6 Å². The van der Waals surface area contributed by atoms with E-state index in [9.17, 15) is 14.9 Å². The number of benzene rings is 1. The first kappa shape index (κ1) is 17.6. The molecule has 0 spiro atoms. The van der Waals surface area contributed by atoms with Gasteiger partial charge in [0.1, 0.15) is 11.6 Å². The zero-order chi connectivity index (χ0) is 17.9. The summed E-state index contributed by atoms with van der Waals surface area (Å²) in [6, 6.07) is 5.52. The summed E-state index contributed by atoms with van der Waals surface area (Å²) in [5, 5.41) is 13.4. The number of anilines is 1. The second kappa shape index (κ2) is 7.22. The van der Waals surface area contributed by atoms with Crippen molar-refractivity contribution in [3.63, 3.8) is 0 Å². The predicted molar refractivity (Wildman–Crippen MR) is 90.4 cm³/mol. The fourth-order valence-corrected chi connectivity index (χ4v) is 2.24. The Bertz CT molecular complexity index is 795. The molecule has 0 saturated carbocycles. The van der Waals surface area contributed by atoms with Crippen molar-refractivity contribution in [2.24, 2.45) is 0 Å². The number of carbonyl (C=O) groups is 1. The average Bonchev–Trinajstić information content (AvgIpc) is 2.51. The van der Waals surface area contributed by atoms with Crippen LogP contribution in [0.3, 0.4) is 0 Å². The fourth-order valence-electron chi connectivity index (χ4n) is 1.98. The molecule has 0 radical (unpaired) electrons. The summed E-state index contributed by atoms with van der Waals surface area (Å²) in [6.45, 7) is 1.96. The van der Waals surface area contributed by atoms with E-state index in [-0.39, 0.29) is 22.8 Å². The third-order valence-corrected chi connectivity index (χ3v) is 3.47. The van der Waals surface area contributed by atoms with Crippen molar-refractivity contribution in [2.45, 2.75) is 13.5 Å². The van der Waals surface area contributed by atoms with Crippen molar-refractivity contribution >= 4 is 29.0 Å². The number of halogens is 1. The lowest BCUT2D eigenvalue weighted by Gasteiger charge is -2.13. The van der Waals surface area contributed by atoms with Crippen molar-refractivity contribution in [3.8, 4) is 0 Å². The minimum atomic E-state index is -0.572. The highest BCUT2D eigenvalue weighted by Gasteiger charge is 2.15. The van der Waals surface area contributed by atoms with E-state index in [2.05, 4.69) is 15.3 Å². The molecule has 1 N–H and O–H groups in total. The number of aromatic nitrogens is 2. The van der Waals surface area contributed by atoms with E-state index in [1.54, 1.807) is 0 Å². The van der Waals surface area contributed by atoms with Gasteiger partial charge in [0.05, 0.1) is 22.1 Å². The van der Waals surface area contributed by atoms with Gasteiger partial charge in [0.15, 0.2) is 0 Å². The maximum absolute atomic E-state index is 12.2. The van der Waals surface area contributed by atoms with Gasteiger partial charge in [0, 0.05) is 38.0 Å². The Morgan fingerprint density at radius 3 is 2.62 bits per heavy atom. The number of nitro groups is 1. The monoisotopic (exact) mass is 349 g/mol. The summed E-state index contributed by atoms with van der Waals surface area (Å²) in [4.78, 5) is 32.8. The Labute approximate surface area is 143 Å². The first-order valence-electron chi connectivity index (χ1n) is 7.02. The van der Waals surface area contributed by atoms with Crippen molar-refractivity contribution < 1.29 is 9.72 Å². The van der Waals surface area contributed by atoms with Gasteiger partial charge in [-0.1, -0.05) is 11.6 Å². The summed E-state index contributed by atoms with van der Waals surface area (Å²) in [7, 11) is 3.72. The Hall–Kier alpha value is -2.74. The first-order valence-corrected chi connectivity index (χ1v) is 7.39. The van der Waals surface area contributed by atoms with Crippen LogP contribution in [0.4, 0.5) is 11.5 Å². The molecule has 0 bridgehead atoms. The first-order chi connectivity index (χ1) is 11.3. The predicted octanol–water partition coefficient (Wildman–Crippen LogP) is 2.34. The zero-order valence-corrected chi connectivity index (χ0v) is 14.2. The molecule has 24 heavy (non-hydrogen) atoms. The van der Waals surface area contributed by atoms with Crippen LogP contribution in [-0.4, -0.2) is 34.9 Å². The number of hydrogen-bond donors (Lipinski definition) is 1. The highest BCUT2D eigenvalue weighted by molar-refractivity contribution is 6.34. The summed E-state index contributed by atoms with van der Waals surface area (Å²) in [6.07, 6.45) is 0. The Morgan fingerprint density at radius 1 is 1.33 bits per heavy atom. The van der Waals surface area contributed by atoms with Crippen LogP contribution in [0, 0.1) is 17.0 Å². The number of nitrogens with zero attached hydrogens (tertiary/aromatic N) is 4. The Morgan fingerprint density at radius 2 is 2.04 bits per heavy atom. The molecule has 0 aliphatic heterocycles. The molecule has 8 nitrogen and oxygen atoms in total. The lowest BCUT2D eigenvalue weighted by Crippen LogP contribution is -2.25. The van der Waals surface area contributed by atoms with Crippen LogP contribution in [-0.2, 0) is 6.54 Å². The van der Waals surface area contributed by atoms with E-state index in [1.807, 2.05) is 32.0 Å². The molecular weight excluding hydrogens is 334 g/mol. The molecule has 0 saturated heterocycles. The number of nitro benzene ring substituents is 1. The molecular formula is C15H16ClN5O3. The van der Waals surface area contributed by atoms with Crippen molar-refractivity contribution in [1.82, 2.24) is 15.3 Å². The minimum Gasteiger partial charge on any atom is -0.363 e. The third kappa shape index (κ3) is 4.17. The van der Waals surface area contributed by atoms with E-state index in [0.29, 0.717) is 5.82 Å². The van der Waals surface area contributed by atoms with Gasteiger partial charge in [-0.05, 0) is 13.0 Å². The minimum absolute atomic E-state index is 0.0147.